The van der Waals surface area contributed by atoms with Gasteiger partial charge in [-0.15, -0.1) is 0 Å². The molecular weight excluding hydrogens is 325 g/mol. The minimum Gasteiger partial charge on any atom is -0.492 e. The van der Waals surface area contributed by atoms with E-state index in [0.29, 0.717) is 25.5 Å². The van der Waals surface area contributed by atoms with Gasteiger partial charge < -0.3 is 19.7 Å². The van der Waals surface area contributed by atoms with Gasteiger partial charge in [-0.2, -0.15) is 0 Å². The molecule has 0 bridgehead atoms. The molecule has 0 amide bonds. The highest BCUT2D eigenvalue weighted by Crippen LogP contribution is 2.18. The molecule has 0 saturated carbocycles. The lowest BCUT2D eigenvalue weighted by molar-refractivity contribution is -0.149. The van der Waals surface area contributed by atoms with Crippen molar-refractivity contribution in [3.8, 4) is 5.75 Å². The molecule has 1 aliphatic rings. The molecule has 1 saturated heterocycles. The molecule has 0 aliphatic carbocycles. The minimum absolute atomic E-state index is 0.0226. The molecule has 0 radical (unpaired) electrons. The van der Waals surface area contributed by atoms with Gasteiger partial charge in [0.1, 0.15) is 18.2 Å². The average molecular weight is 351 g/mol. The fourth-order valence-electron chi connectivity index (χ4n) is 2.81. The van der Waals surface area contributed by atoms with Crippen LogP contribution in [0.4, 0.5) is 4.39 Å². The Labute approximate surface area is 148 Å². The number of halogens is 1. The summed E-state index contributed by atoms with van der Waals surface area (Å²) in [5.74, 6) is 0.849. The molecule has 0 aromatic heterocycles. The van der Waals surface area contributed by atoms with E-state index < -0.39 is 0 Å². The third-order valence-corrected chi connectivity index (χ3v) is 4.08. The molecule has 2 rings (SSSR count). The van der Waals surface area contributed by atoms with Crippen LogP contribution in [0.25, 0.3) is 0 Å². The van der Waals surface area contributed by atoms with E-state index in [2.05, 4.69) is 15.2 Å². The first-order valence-corrected chi connectivity index (χ1v) is 8.64. The first-order chi connectivity index (χ1) is 12.1. The summed E-state index contributed by atoms with van der Waals surface area (Å²) in [6, 6.07) is 6.07. The molecule has 25 heavy (non-hydrogen) atoms. The van der Waals surface area contributed by atoms with Gasteiger partial charge in [-0.1, -0.05) is 6.07 Å². The number of rotatable bonds is 6. The van der Waals surface area contributed by atoms with Crippen LogP contribution in [0.3, 0.4) is 0 Å². The maximum Gasteiger partial charge on any atom is 0.309 e. The zero-order valence-electron chi connectivity index (χ0n) is 14.8. The number of benzene rings is 1. The Bertz CT molecular complexity index is 587. The van der Waals surface area contributed by atoms with E-state index >= 15 is 0 Å². The van der Waals surface area contributed by atoms with Gasteiger partial charge >= 0.3 is 5.97 Å². The highest BCUT2D eigenvalue weighted by molar-refractivity contribution is 5.80. The van der Waals surface area contributed by atoms with Crippen LogP contribution < -0.4 is 10.1 Å². The van der Waals surface area contributed by atoms with Crippen LogP contribution in [0.15, 0.2) is 29.3 Å². The standard InChI is InChI=1S/C18H26FN3O3/c1-3-24-17(23)14-7-10-22(11-8-14)18(20-2)21-9-12-25-16-6-4-5-15(19)13-16/h4-6,13-14H,3,7-12H2,1-2H3,(H,20,21). The molecule has 1 aliphatic heterocycles. The van der Waals surface area contributed by atoms with Gasteiger partial charge in [-0.05, 0) is 31.9 Å². The number of guanidine groups is 1. The van der Waals surface area contributed by atoms with Gasteiger partial charge in [0.25, 0.3) is 0 Å². The predicted molar refractivity (Wildman–Crippen MR) is 94.2 cm³/mol. The number of nitrogens with zero attached hydrogens (tertiary/aromatic N) is 2. The number of nitrogens with one attached hydrogen (secondary N) is 1. The predicted octanol–water partition coefficient (Wildman–Crippen LogP) is 2.05. The maximum absolute atomic E-state index is 13.1. The second-order valence-corrected chi connectivity index (χ2v) is 5.79. The summed E-state index contributed by atoms with van der Waals surface area (Å²) in [6.45, 7) is 4.73. The number of hydrogen-bond acceptors (Lipinski definition) is 4. The van der Waals surface area contributed by atoms with E-state index in [0.717, 1.165) is 31.9 Å². The number of aliphatic imine (C=N–C) groups is 1. The molecule has 6 nitrogen and oxygen atoms in total. The van der Waals surface area contributed by atoms with E-state index in [-0.39, 0.29) is 17.7 Å². The molecule has 1 aromatic carbocycles. The third-order valence-electron chi connectivity index (χ3n) is 4.08. The lowest BCUT2D eigenvalue weighted by atomic mass is 9.97. The summed E-state index contributed by atoms with van der Waals surface area (Å²) in [7, 11) is 1.73. The highest BCUT2D eigenvalue weighted by atomic mass is 19.1. The molecule has 0 unspecified atom stereocenters. The molecule has 0 spiro atoms. The Balaban J connectivity index is 1.71. The minimum atomic E-state index is -0.314. The van der Waals surface area contributed by atoms with Crippen LogP contribution in [0, 0.1) is 11.7 Å². The van der Waals surface area contributed by atoms with Crippen molar-refractivity contribution in [1.29, 1.82) is 0 Å². The first kappa shape index (κ1) is 19.0. The van der Waals surface area contributed by atoms with Crippen molar-refractivity contribution in [2.24, 2.45) is 10.9 Å². The zero-order chi connectivity index (χ0) is 18.1. The normalized spacial score (nSPS) is 15.8. The van der Waals surface area contributed by atoms with Gasteiger partial charge in [0, 0.05) is 26.2 Å². The topological polar surface area (TPSA) is 63.2 Å². The fraction of sp³-hybridized carbons (Fsp3) is 0.556. The number of carbonyl (C=O) groups is 1. The van der Waals surface area contributed by atoms with Gasteiger partial charge in [0.15, 0.2) is 5.96 Å². The van der Waals surface area contributed by atoms with Crippen LogP contribution in [-0.2, 0) is 9.53 Å². The second kappa shape index (κ2) is 9.86. The molecule has 7 heteroatoms. The van der Waals surface area contributed by atoms with E-state index in [1.165, 1.54) is 12.1 Å². The highest BCUT2D eigenvalue weighted by Gasteiger charge is 2.27. The number of piperidine rings is 1. The van der Waals surface area contributed by atoms with Crippen molar-refractivity contribution in [1.82, 2.24) is 10.2 Å². The number of likely N-dealkylation sites (tertiary alicyclic amines) is 1. The van der Waals surface area contributed by atoms with Crippen LogP contribution in [-0.4, -0.2) is 56.7 Å². The van der Waals surface area contributed by atoms with E-state index in [4.69, 9.17) is 9.47 Å². The Kier molecular flexibility index (Phi) is 7.50. The molecule has 0 atom stereocenters. The average Bonchev–Trinajstić information content (AvgIpc) is 2.62. The molecule has 138 valence electrons. The maximum atomic E-state index is 13.1. The van der Waals surface area contributed by atoms with Gasteiger partial charge in [-0.3, -0.25) is 9.79 Å². The Morgan fingerprint density at radius 1 is 1.40 bits per heavy atom. The monoisotopic (exact) mass is 351 g/mol. The van der Waals surface area contributed by atoms with Crippen molar-refractivity contribution in [2.75, 3.05) is 39.9 Å². The molecule has 1 fully saturated rings. The summed E-state index contributed by atoms with van der Waals surface area (Å²) >= 11 is 0. The summed E-state index contributed by atoms with van der Waals surface area (Å²) in [6.07, 6.45) is 1.53. The molecular formula is C18H26FN3O3. The molecule has 1 heterocycles. The van der Waals surface area contributed by atoms with Crippen molar-refractivity contribution >= 4 is 11.9 Å². The molecule has 1 N–H and O–H groups in total. The van der Waals surface area contributed by atoms with Crippen LogP contribution in [0.5, 0.6) is 5.75 Å². The SMILES string of the molecule is CCOC(=O)C1CCN(C(=NC)NCCOc2cccc(F)c2)CC1. The molecule has 1 aromatic rings. The zero-order valence-corrected chi connectivity index (χ0v) is 14.8. The summed E-state index contributed by atoms with van der Waals surface area (Å²) in [5.41, 5.74) is 0. The number of carbonyl (C=O) groups excluding carboxylic acids is 1. The lowest BCUT2D eigenvalue weighted by Gasteiger charge is -2.33. The van der Waals surface area contributed by atoms with Crippen molar-refractivity contribution < 1.29 is 18.7 Å². The second-order valence-electron chi connectivity index (χ2n) is 5.79. The lowest BCUT2D eigenvalue weighted by Crippen LogP contribution is -2.47. The summed E-state index contributed by atoms with van der Waals surface area (Å²) in [5, 5.41) is 3.23. The van der Waals surface area contributed by atoms with Crippen molar-refractivity contribution in [3.05, 3.63) is 30.1 Å². The third kappa shape index (κ3) is 5.92. The van der Waals surface area contributed by atoms with Gasteiger partial charge in [0.05, 0.1) is 19.1 Å². The Morgan fingerprint density at radius 2 is 2.16 bits per heavy atom. The van der Waals surface area contributed by atoms with E-state index in [1.807, 2.05) is 6.92 Å². The number of esters is 1. The van der Waals surface area contributed by atoms with Crippen LogP contribution >= 0.6 is 0 Å². The van der Waals surface area contributed by atoms with Gasteiger partial charge in [-0.25, -0.2) is 4.39 Å². The smallest absolute Gasteiger partial charge is 0.309 e. The largest absolute Gasteiger partial charge is 0.492 e. The quantitative estimate of drug-likeness (QED) is 0.368. The summed E-state index contributed by atoms with van der Waals surface area (Å²) < 4.78 is 23.7. The fourth-order valence-corrected chi connectivity index (χ4v) is 2.81. The van der Waals surface area contributed by atoms with Crippen LogP contribution in [0.2, 0.25) is 0 Å². The Hall–Kier alpha value is -2.31. The summed E-state index contributed by atoms with van der Waals surface area (Å²) in [4.78, 5) is 18.2. The van der Waals surface area contributed by atoms with Gasteiger partial charge in [0.2, 0.25) is 0 Å². The van der Waals surface area contributed by atoms with Crippen molar-refractivity contribution in [3.63, 3.8) is 0 Å². The Morgan fingerprint density at radius 3 is 2.80 bits per heavy atom. The number of ether oxygens (including phenoxy) is 2. The van der Waals surface area contributed by atoms with E-state index in [9.17, 15) is 9.18 Å². The van der Waals surface area contributed by atoms with Crippen LogP contribution in [0.1, 0.15) is 19.8 Å². The first-order valence-electron chi connectivity index (χ1n) is 8.64. The van der Waals surface area contributed by atoms with E-state index in [1.54, 1.807) is 19.2 Å². The number of hydrogen-bond donors (Lipinski definition) is 1. The van der Waals surface area contributed by atoms with Crippen molar-refractivity contribution in [2.45, 2.75) is 19.8 Å².